The van der Waals surface area contributed by atoms with E-state index in [-0.39, 0.29) is 4.90 Å². The molecular formula is C21H16O3S. The van der Waals surface area contributed by atoms with Gasteiger partial charge in [-0.05, 0) is 53.4 Å². The van der Waals surface area contributed by atoms with Gasteiger partial charge < -0.3 is 4.18 Å². The lowest BCUT2D eigenvalue weighted by atomic mass is 10.0. The molecule has 0 spiro atoms. The summed E-state index contributed by atoms with van der Waals surface area (Å²) in [7, 11) is -3.87. The summed E-state index contributed by atoms with van der Waals surface area (Å²) in [4.78, 5) is 0.149. The van der Waals surface area contributed by atoms with Crippen LogP contribution in [0, 0.1) is 6.92 Å². The summed E-state index contributed by atoms with van der Waals surface area (Å²) in [6.45, 7) is 1.91. The number of benzene rings is 4. The fourth-order valence-corrected chi connectivity index (χ4v) is 3.83. The van der Waals surface area contributed by atoms with Crippen LogP contribution in [0.4, 0.5) is 0 Å². The molecule has 124 valence electrons. The van der Waals surface area contributed by atoms with Crippen molar-refractivity contribution in [2.24, 2.45) is 0 Å². The van der Waals surface area contributed by atoms with Crippen LogP contribution in [0.1, 0.15) is 5.56 Å². The number of hydrogen-bond acceptors (Lipinski definition) is 3. The molecule has 0 aliphatic rings. The molecule has 0 saturated carbocycles. The Balaban J connectivity index is 1.83. The molecule has 0 heterocycles. The van der Waals surface area contributed by atoms with Gasteiger partial charge in [0.05, 0.1) is 0 Å². The smallest absolute Gasteiger partial charge is 0.339 e. The lowest BCUT2D eigenvalue weighted by Crippen LogP contribution is -2.09. The molecule has 0 aliphatic heterocycles. The summed E-state index contributed by atoms with van der Waals surface area (Å²) >= 11 is 0. The Bertz CT molecular complexity index is 1180. The van der Waals surface area contributed by atoms with E-state index in [1.54, 1.807) is 36.4 Å². The van der Waals surface area contributed by atoms with Gasteiger partial charge in [-0.1, -0.05) is 54.1 Å². The molecular weight excluding hydrogens is 332 g/mol. The van der Waals surface area contributed by atoms with Crippen LogP contribution in [0.15, 0.2) is 83.8 Å². The fourth-order valence-electron chi connectivity index (χ4n) is 2.88. The maximum atomic E-state index is 12.6. The van der Waals surface area contributed by atoms with Crippen molar-refractivity contribution in [3.05, 3.63) is 84.4 Å². The molecule has 0 radical (unpaired) electrons. The van der Waals surface area contributed by atoms with E-state index in [0.29, 0.717) is 5.75 Å². The molecule has 3 nitrogen and oxygen atoms in total. The van der Waals surface area contributed by atoms with Gasteiger partial charge in [0.1, 0.15) is 4.90 Å². The molecule has 25 heavy (non-hydrogen) atoms. The predicted octanol–water partition coefficient (Wildman–Crippen LogP) is 5.07. The minimum atomic E-state index is -3.87. The summed E-state index contributed by atoms with van der Waals surface area (Å²) in [5.74, 6) is 0.337. The van der Waals surface area contributed by atoms with Crippen molar-refractivity contribution in [2.45, 2.75) is 11.8 Å². The Morgan fingerprint density at radius 1 is 0.720 bits per heavy atom. The minimum Gasteiger partial charge on any atom is -0.378 e. The standard InChI is InChI=1S/C21H16O3S/c1-15-9-11-19(12-10-15)25(22,23)24-21-8-4-7-18-13-16-5-2-3-6-17(16)14-20(18)21/h2-14H,1H3. The van der Waals surface area contributed by atoms with E-state index in [9.17, 15) is 8.42 Å². The summed E-state index contributed by atoms with van der Waals surface area (Å²) in [5.41, 5.74) is 0.996. The van der Waals surface area contributed by atoms with Crippen LogP contribution in [0.2, 0.25) is 0 Å². The number of fused-ring (bicyclic) bond motifs is 2. The summed E-state index contributed by atoms with van der Waals surface area (Å²) in [5, 5.41) is 3.86. The van der Waals surface area contributed by atoms with E-state index >= 15 is 0 Å². The van der Waals surface area contributed by atoms with Crippen molar-refractivity contribution < 1.29 is 12.6 Å². The van der Waals surface area contributed by atoms with E-state index in [1.165, 1.54) is 0 Å². The van der Waals surface area contributed by atoms with Crippen molar-refractivity contribution in [2.75, 3.05) is 0 Å². The van der Waals surface area contributed by atoms with Gasteiger partial charge in [-0.2, -0.15) is 8.42 Å². The Morgan fingerprint density at radius 2 is 1.36 bits per heavy atom. The Hall–Kier alpha value is -2.85. The summed E-state index contributed by atoms with van der Waals surface area (Å²) in [6.07, 6.45) is 0. The van der Waals surface area contributed by atoms with Gasteiger partial charge in [0.2, 0.25) is 0 Å². The zero-order valence-corrected chi connectivity index (χ0v) is 14.5. The lowest BCUT2D eigenvalue weighted by molar-refractivity contribution is 0.489. The third kappa shape index (κ3) is 2.96. The van der Waals surface area contributed by atoms with E-state index in [1.807, 2.05) is 49.4 Å². The topological polar surface area (TPSA) is 43.4 Å². The maximum absolute atomic E-state index is 12.6. The number of rotatable bonds is 3. The van der Waals surface area contributed by atoms with Crippen LogP contribution in [-0.2, 0) is 10.1 Å². The average molecular weight is 348 g/mol. The Morgan fingerprint density at radius 3 is 2.08 bits per heavy atom. The monoisotopic (exact) mass is 348 g/mol. The van der Waals surface area contributed by atoms with E-state index in [2.05, 4.69) is 0 Å². The van der Waals surface area contributed by atoms with Crippen molar-refractivity contribution >= 4 is 31.7 Å². The predicted molar refractivity (Wildman–Crippen MR) is 100 cm³/mol. The highest BCUT2D eigenvalue weighted by molar-refractivity contribution is 7.87. The second kappa shape index (κ2) is 5.90. The van der Waals surface area contributed by atoms with E-state index in [0.717, 1.165) is 27.1 Å². The first-order chi connectivity index (χ1) is 12.0. The highest BCUT2D eigenvalue weighted by Gasteiger charge is 2.18. The van der Waals surface area contributed by atoms with Crippen molar-refractivity contribution in [1.82, 2.24) is 0 Å². The first kappa shape index (κ1) is 15.7. The highest BCUT2D eigenvalue weighted by atomic mass is 32.2. The molecule has 4 rings (SSSR count). The van der Waals surface area contributed by atoms with Crippen molar-refractivity contribution in [3.8, 4) is 5.75 Å². The van der Waals surface area contributed by atoms with Crippen LogP contribution in [0.25, 0.3) is 21.5 Å². The molecule has 0 saturated heterocycles. The normalized spacial score (nSPS) is 11.7. The van der Waals surface area contributed by atoms with Crippen LogP contribution in [-0.4, -0.2) is 8.42 Å². The van der Waals surface area contributed by atoms with E-state index in [4.69, 9.17) is 4.18 Å². The Kier molecular flexibility index (Phi) is 3.70. The van der Waals surface area contributed by atoms with Crippen LogP contribution in [0.5, 0.6) is 5.75 Å². The zero-order chi connectivity index (χ0) is 17.4. The fraction of sp³-hybridized carbons (Fsp3) is 0.0476. The SMILES string of the molecule is Cc1ccc(S(=O)(=O)Oc2cccc3cc4ccccc4cc23)cc1. The van der Waals surface area contributed by atoms with Crippen molar-refractivity contribution in [1.29, 1.82) is 0 Å². The third-order valence-corrected chi connectivity index (χ3v) is 5.46. The summed E-state index contributed by atoms with van der Waals surface area (Å²) < 4.78 is 30.7. The Labute approximate surface area is 146 Å². The van der Waals surface area contributed by atoms with Gasteiger partial charge in [0.25, 0.3) is 0 Å². The van der Waals surface area contributed by atoms with E-state index < -0.39 is 10.1 Å². The van der Waals surface area contributed by atoms with Crippen LogP contribution >= 0.6 is 0 Å². The van der Waals surface area contributed by atoms with Crippen LogP contribution in [0.3, 0.4) is 0 Å². The average Bonchev–Trinajstić information content (AvgIpc) is 2.60. The number of aryl methyl sites for hydroxylation is 1. The largest absolute Gasteiger partial charge is 0.378 e. The molecule has 4 heteroatoms. The van der Waals surface area contributed by atoms with Gasteiger partial charge in [0.15, 0.2) is 5.75 Å². The van der Waals surface area contributed by atoms with Gasteiger partial charge in [-0.25, -0.2) is 0 Å². The molecule has 0 amide bonds. The zero-order valence-electron chi connectivity index (χ0n) is 13.6. The van der Waals surface area contributed by atoms with Gasteiger partial charge in [0, 0.05) is 5.39 Å². The molecule has 0 atom stereocenters. The van der Waals surface area contributed by atoms with Crippen molar-refractivity contribution in [3.63, 3.8) is 0 Å². The molecule has 0 unspecified atom stereocenters. The van der Waals surface area contributed by atoms with Gasteiger partial charge in [-0.3, -0.25) is 0 Å². The molecule has 0 N–H and O–H groups in total. The highest BCUT2D eigenvalue weighted by Crippen LogP contribution is 2.31. The summed E-state index contributed by atoms with van der Waals surface area (Å²) in [6, 6.07) is 24.0. The molecule has 0 fully saturated rings. The van der Waals surface area contributed by atoms with Gasteiger partial charge in [-0.15, -0.1) is 0 Å². The molecule has 0 aliphatic carbocycles. The second-order valence-corrected chi connectivity index (χ2v) is 7.57. The quantitative estimate of drug-likeness (QED) is 0.383. The molecule has 4 aromatic rings. The second-order valence-electron chi connectivity index (χ2n) is 6.03. The first-order valence-corrected chi connectivity index (χ1v) is 9.36. The van der Waals surface area contributed by atoms with Crippen LogP contribution < -0.4 is 4.18 Å². The first-order valence-electron chi connectivity index (χ1n) is 7.96. The van der Waals surface area contributed by atoms with Gasteiger partial charge >= 0.3 is 10.1 Å². The molecule has 0 aromatic heterocycles. The maximum Gasteiger partial charge on any atom is 0.339 e. The lowest BCUT2D eigenvalue weighted by Gasteiger charge is -2.11. The molecule has 4 aromatic carbocycles. The number of hydrogen-bond donors (Lipinski definition) is 0. The molecule has 0 bridgehead atoms. The minimum absolute atomic E-state index is 0.149. The third-order valence-electron chi connectivity index (χ3n) is 4.22.